The Labute approximate surface area is 141 Å². The summed E-state index contributed by atoms with van der Waals surface area (Å²) in [4.78, 5) is 12.8. The van der Waals surface area contributed by atoms with Gasteiger partial charge in [-0.15, -0.1) is 0 Å². The van der Waals surface area contributed by atoms with Crippen molar-refractivity contribution in [1.29, 1.82) is 0 Å². The van der Waals surface area contributed by atoms with Gasteiger partial charge in [0, 0.05) is 43.1 Å². The van der Waals surface area contributed by atoms with Gasteiger partial charge in [0.15, 0.2) is 0 Å². The third-order valence-electron chi connectivity index (χ3n) is 3.47. The molecule has 7 heteroatoms. The van der Waals surface area contributed by atoms with Gasteiger partial charge in [-0.05, 0) is 51.8 Å². The number of halogens is 3. The molecule has 0 atom stereocenters. The molecular weight excluding hydrogens is 375 g/mol. The zero-order valence-electron chi connectivity index (χ0n) is 11.1. The number of piperazine rings is 1. The third-order valence-corrected chi connectivity index (χ3v) is 4.46. The van der Waals surface area contributed by atoms with Gasteiger partial charge in [0.25, 0.3) is 0 Å². The molecule has 1 fully saturated rings. The van der Waals surface area contributed by atoms with Crippen LogP contribution in [0.25, 0.3) is 0 Å². The zero-order chi connectivity index (χ0) is 14.8. The standard InChI is InChI=1S/C14H13BrCl2N4/c15-12-9-18-14(17)19-13(12)21-7-5-20(6-8-21)11-3-1-10(16)2-4-11/h1-4,9H,5-8H2. The van der Waals surface area contributed by atoms with E-state index in [0.29, 0.717) is 0 Å². The highest BCUT2D eigenvalue weighted by Gasteiger charge is 2.20. The smallest absolute Gasteiger partial charge is 0.224 e. The molecular formula is C14H13BrCl2N4. The van der Waals surface area contributed by atoms with Crippen LogP contribution in [-0.4, -0.2) is 36.1 Å². The average Bonchev–Trinajstić information content (AvgIpc) is 2.51. The van der Waals surface area contributed by atoms with Gasteiger partial charge in [-0.2, -0.15) is 4.98 Å². The van der Waals surface area contributed by atoms with Crippen LogP contribution in [0.2, 0.25) is 10.3 Å². The van der Waals surface area contributed by atoms with Crippen LogP contribution in [-0.2, 0) is 0 Å². The Morgan fingerprint density at radius 1 is 0.952 bits per heavy atom. The fraction of sp³-hybridized carbons (Fsp3) is 0.286. The van der Waals surface area contributed by atoms with Crippen molar-refractivity contribution in [2.45, 2.75) is 0 Å². The van der Waals surface area contributed by atoms with E-state index in [1.165, 1.54) is 5.69 Å². The van der Waals surface area contributed by atoms with E-state index in [9.17, 15) is 0 Å². The predicted octanol–water partition coefficient (Wildman–Crippen LogP) is 3.87. The molecule has 0 unspecified atom stereocenters. The topological polar surface area (TPSA) is 32.3 Å². The minimum atomic E-state index is 0.272. The minimum Gasteiger partial charge on any atom is -0.368 e. The lowest BCUT2D eigenvalue weighted by molar-refractivity contribution is 0.645. The Morgan fingerprint density at radius 3 is 2.24 bits per heavy atom. The van der Waals surface area contributed by atoms with Crippen molar-refractivity contribution in [2.75, 3.05) is 36.0 Å². The van der Waals surface area contributed by atoms with Crippen LogP contribution in [0.4, 0.5) is 11.5 Å². The van der Waals surface area contributed by atoms with Gasteiger partial charge in [0.05, 0.1) is 4.47 Å². The highest BCUT2D eigenvalue weighted by atomic mass is 79.9. The van der Waals surface area contributed by atoms with Gasteiger partial charge in [0.1, 0.15) is 5.82 Å². The molecule has 0 bridgehead atoms. The van der Waals surface area contributed by atoms with Gasteiger partial charge in [0.2, 0.25) is 5.28 Å². The van der Waals surface area contributed by atoms with E-state index in [4.69, 9.17) is 23.2 Å². The van der Waals surface area contributed by atoms with Gasteiger partial charge in [-0.3, -0.25) is 0 Å². The maximum absolute atomic E-state index is 5.93. The molecule has 1 aliphatic rings. The lowest BCUT2D eigenvalue weighted by atomic mass is 10.2. The Bertz CT molecular complexity index is 627. The Kier molecular flexibility index (Phi) is 4.52. The van der Waals surface area contributed by atoms with Crippen molar-refractivity contribution in [1.82, 2.24) is 9.97 Å². The van der Waals surface area contributed by atoms with Crippen LogP contribution in [0.15, 0.2) is 34.9 Å². The largest absolute Gasteiger partial charge is 0.368 e. The number of aromatic nitrogens is 2. The van der Waals surface area contributed by atoms with Crippen molar-refractivity contribution in [3.05, 3.63) is 45.2 Å². The third kappa shape index (κ3) is 3.42. The first kappa shape index (κ1) is 14.9. The highest BCUT2D eigenvalue weighted by molar-refractivity contribution is 9.10. The number of hydrogen-bond donors (Lipinski definition) is 0. The summed E-state index contributed by atoms with van der Waals surface area (Å²) < 4.78 is 0.867. The van der Waals surface area contributed by atoms with Crippen LogP contribution < -0.4 is 9.80 Å². The summed E-state index contributed by atoms with van der Waals surface area (Å²) in [6, 6.07) is 7.94. The van der Waals surface area contributed by atoms with Crippen molar-refractivity contribution < 1.29 is 0 Å². The van der Waals surface area contributed by atoms with E-state index >= 15 is 0 Å². The summed E-state index contributed by atoms with van der Waals surface area (Å²) in [5.74, 6) is 0.853. The van der Waals surface area contributed by atoms with Crippen LogP contribution in [0.5, 0.6) is 0 Å². The molecule has 110 valence electrons. The molecule has 1 aromatic carbocycles. The van der Waals surface area contributed by atoms with E-state index in [2.05, 4.69) is 47.8 Å². The lowest BCUT2D eigenvalue weighted by Crippen LogP contribution is -2.47. The SMILES string of the molecule is Clc1ccc(N2CCN(c3nc(Cl)ncc3Br)CC2)cc1. The Hall–Kier alpha value is -1.04. The Balaban J connectivity index is 1.70. The Morgan fingerprint density at radius 2 is 1.57 bits per heavy atom. The second kappa shape index (κ2) is 6.38. The zero-order valence-corrected chi connectivity index (χ0v) is 14.2. The first-order valence-electron chi connectivity index (χ1n) is 6.57. The molecule has 1 aliphatic heterocycles. The number of anilines is 2. The molecule has 2 aromatic rings. The van der Waals surface area contributed by atoms with E-state index in [1.54, 1.807) is 6.20 Å². The molecule has 1 saturated heterocycles. The maximum Gasteiger partial charge on any atom is 0.224 e. The molecule has 21 heavy (non-hydrogen) atoms. The lowest BCUT2D eigenvalue weighted by Gasteiger charge is -2.37. The molecule has 0 amide bonds. The fourth-order valence-corrected chi connectivity index (χ4v) is 3.08. The summed E-state index contributed by atoms with van der Waals surface area (Å²) in [6.07, 6.45) is 1.69. The molecule has 0 N–H and O–H groups in total. The van der Waals surface area contributed by atoms with E-state index in [1.807, 2.05) is 12.1 Å². The van der Waals surface area contributed by atoms with Crippen molar-refractivity contribution in [3.63, 3.8) is 0 Å². The van der Waals surface area contributed by atoms with Crippen molar-refractivity contribution in [2.24, 2.45) is 0 Å². The summed E-state index contributed by atoms with van der Waals surface area (Å²) >= 11 is 15.3. The summed E-state index contributed by atoms with van der Waals surface area (Å²) in [5.41, 5.74) is 1.19. The molecule has 0 saturated carbocycles. The highest BCUT2D eigenvalue weighted by Crippen LogP contribution is 2.26. The number of rotatable bonds is 2. The fourth-order valence-electron chi connectivity index (χ4n) is 2.39. The molecule has 0 spiro atoms. The van der Waals surface area contributed by atoms with Crippen LogP contribution in [0.1, 0.15) is 0 Å². The van der Waals surface area contributed by atoms with Gasteiger partial charge >= 0.3 is 0 Å². The molecule has 4 nitrogen and oxygen atoms in total. The van der Waals surface area contributed by atoms with E-state index in [-0.39, 0.29) is 5.28 Å². The average molecular weight is 388 g/mol. The molecule has 0 radical (unpaired) electrons. The van der Waals surface area contributed by atoms with Crippen molar-refractivity contribution in [3.8, 4) is 0 Å². The summed E-state index contributed by atoms with van der Waals surface area (Å²) in [6.45, 7) is 3.62. The first-order chi connectivity index (χ1) is 10.1. The number of benzene rings is 1. The van der Waals surface area contributed by atoms with Gasteiger partial charge < -0.3 is 9.80 Å². The molecule has 0 aliphatic carbocycles. The maximum atomic E-state index is 5.93. The van der Waals surface area contributed by atoms with Crippen molar-refractivity contribution >= 4 is 50.6 Å². The monoisotopic (exact) mass is 386 g/mol. The summed E-state index contributed by atoms with van der Waals surface area (Å²) in [7, 11) is 0. The normalized spacial score (nSPS) is 15.4. The predicted molar refractivity (Wildman–Crippen MR) is 90.6 cm³/mol. The van der Waals surface area contributed by atoms with E-state index in [0.717, 1.165) is 41.5 Å². The molecule has 2 heterocycles. The second-order valence-electron chi connectivity index (χ2n) is 4.76. The second-order valence-corrected chi connectivity index (χ2v) is 6.39. The molecule has 3 rings (SSSR count). The number of nitrogens with zero attached hydrogens (tertiary/aromatic N) is 4. The quantitative estimate of drug-likeness (QED) is 0.732. The summed E-state index contributed by atoms with van der Waals surface area (Å²) in [5, 5.41) is 1.03. The van der Waals surface area contributed by atoms with Crippen LogP contribution in [0, 0.1) is 0 Å². The van der Waals surface area contributed by atoms with Crippen LogP contribution in [0.3, 0.4) is 0 Å². The van der Waals surface area contributed by atoms with Gasteiger partial charge in [-0.1, -0.05) is 11.6 Å². The van der Waals surface area contributed by atoms with E-state index < -0.39 is 0 Å². The first-order valence-corrected chi connectivity index (χ1v) is 8.12. The molecule has 1 aromatic heterocycles. The van der Waals surface area contributed by atoms with Crippen LogP contribution >= 0.6 is 39.1 Å². The number of hydrogen-bond acceptors (Lipinski definition) is 4. The van der Waals surface area contributed by atoms with Gasteiger partial charge in [-0.25, -0.2) is 4.98 Å². The minimum absolute atomic E-state index is 0.272.